The summed E-state index contributed by atoms with van der Waals surface area (Å²) >= 11 is 0. The highest BCUT2D eigenvalue weighted by atomic mass is 16.5. The zero-order chi connectivity index (χ0) is 12.8. The highest BCUT2D eigenvalue weighted by Crippen LogP contribution is 2.37. The van der Waals surface area contributed by atoms with Gasteiger partial charge in [-0.3, -0.25) is 0 Å². The molecule has 1 aliphatic carbocycles. The Hall–Kier alpha value is -1.41. The molecule has 1 fully saturated rings. The molecule has 5 heteroatoms. The van der Waals surface area contributed by atoms with Gasteiger partial charge in [-0.25, -0.2) is 4.68 Å². The molecule has 0 radical (unpaired) electrons. The normalized spacial score (nSPS) is 15.3. The van der Waals surface area contributed by atoms with Crippen LogP contribution in [0.3, 0.4) is 0 Å². The van der Waals surface area contributed by atoms with Crippen LogP contribution in [0.25, 0.3) is 0 Å². The Balaban J connectivity index is 2.02. The molecule has 1 aromatic rings. The third-order valence-corrected chi connectivity index (χ3v) is 3.55. The second-order valence-corrected chi connectivity index (χ2v) is 4.81. The Morgan fingerprint density at radius 2 is 2.28 bits per heavy atom. The number of unbranched alkanes of at least 4 members (excludes halogenated alkanes) is 1. The molecular formula is C13H20N4O. The van der Waals surface area contributed by atoms with Crippen LogP contribution in [0.2, 0.25) is 0 Å². The van der Waals surface area contributed by atoms with Gasteiger partial charge in [0.2, 0.25) is 0 Å². The first-order valence-corrected chi connectivity index (χ1v) is 6.65. The summed E-state index contributed by atoms with van der Waals surface area (Å²) in [6.45, 7) is 1.67. The van der Waals surface area contributed by atoms with E-state index in [2.05, 4.69) is 16.4 Å². The average Bonchev–Trinajstić information content (AvgIpc) is 2.67. The van der Waals surface area contributed by atoms with Crippen LogP contribution >= 0.6 is 0 Å². The second kappa shape index (κ2) is 6.50. The van der Waals surface area contributed by atoms with Crippen molar-refractivity contribution >= 4 is 0 Å². The van der Waals surface area contributed by atoms with Crippen LogP contribution in [-0.2, 0) is 17.7 Å². The average molecular weight is 248 g/mol. The number of nitrogens with zero attached hydrogens (tertiary/aromatic N) is 4. The summed E-state index contributed by atoms with van der Waals surface area (Å²) in [5.41, 5.74) is 2.09. The molecule has 0 amide bonds. The van der Waals surface area contributed by atoms with Gasteiger partial charge in [0.15, 0.2) is 0 Å². The van der Waals surface area contributed by atoms with Crippen molar-refractivity contribution in [1.82, 2.24) is 15.0 Å². The standard InChI is InChI=1S/C13H20N4O/c1-18-10-3-2-9-17-13(11-5-4-6-11)12(7-8-14)15-16-17/h11H,2-7,9-10H2,1H3. The molecule has 0 unspecified atom stereocenters. The smallest absolute Gasteiger partial charge is 0.100 e. The zero-order valence-electron chi connectivity index (χ0n) is 10.9. The first kappa shape index (κ1) is 13.0. The van der Waals surface area contributed by atoms with Gasteiger partial charge in [0.25, 0.3) is 0 Å². The van der Waals surface area contributed by atoms with E-state index in [1.54, 1.807) is 7.11 Å². The molecule has 1 aromatic heterocycles. The summed E-state index contributed by atoms with van der Waals surface area (Å²) in [6.07, 6.45) is 6.17. The minimum atomic E-state index is 0.379. The SMILES string of the molecule is COCCCCn1nnc(CC#N)c1C1CCC1. The van der Waals surface area contributed by atoms with E-state index in [0.29, 0.717) is 12.3 Å². The number of methoxy groups -OCH3 is 1. The van der Waals surface area contributed by atoms with E-state index in [0.717, 1.165) is 31.7 Å². The molecule has 0 saturated heterocycles. The Morgan fingerprint density at radius 1 is 1.44 bits per heavy atom. The van der Waals surface area contributed by atoms with Crippen LogP contribution in [0, 0.1) is 11.3 Å². The van der Waals surface area contributed by atoms with Crippen molar-refractivity contribution in [1.29, 1.82) is 5.26 Å². The molecule has 18 heavy (non-hydrogen) atoms. The minimum absolute atomic E-state index is 0.379. The van der Waals surface area contributed by atoms with Gasteiger partial charge in [-0.15, -0.1) is 5.10 Å². The first-order valence-electron chi connectivity index (χ1n) is 6.65. The van der Waals surface area contributed by atoms with Gasteiger partial charge in [0.1, 0.15) is 5.69 Å². The highest BCUT2D eigenvalue weighted by molar-refractivity contribution is 5.20. The molecule has 0 aromatic carbocycles. The lowest BCUT2D eigenvalue weighted by Crippen LogP contribution is -2.17. The van der Waals surface area contributed by atoms with Gasteiger partial charge in [-0.05, 0) is 25.7 Å². The van der Waals surface area contributed by atoms with Gasteiger partial charge in [0, 0.05) is 26.2 Å². The molecule has 98 valence electrons. The van der Waals surface area contributed by atoms with Crippen molar-refractivity contribution in [3.05, 3.63) is 11.4 Å². The maximum absolute atomic E-state index is 8.83. The summed E-state index contributed by atoms with van der Waals surface area (Å²) < 4.78 is 7.05. The van der Waals surface area contributed by atoms with Crippen LogP contribution in [0.4, 0.5) is 0 Å². The van der Waals surface area contributed by atoms with E-state index in [1.807, 2.05) is 4.68 Å². The molecule has 2 rings (SSSR count). The minimum Gasteiger partial charge on any atom is -0.385 e. The number of ether oxygens (including phenoxy) is 1. The molecule has 1 aliphatic rings. The van der Waals surface area contributed by atoms with Crippen LogP contribution < -0.4 is 0 Å². The highest BCUT2D eigenvalue weighted by Gasteiger charge is 2.27. The summed E-state index contributed by atoms with van der Waals surface area (Å²) in [7, 11) is 1.72. The van der Waals surface area contributed by atoms with Gasteiger partial charge in [-0.2, -0.15) is 5.26 Å². The predicted octanol–water partition coefficient (Wildman–Crippen LogP) is 2.04. The zero-order valence-corrected chi connectivity index (χ0v) is 10.9. The van der Waals surface area contributed by atoms with Gasteiger partial charge < -0.3 is 4.74 Å². The Labute approximate surface area is 108 Å². The third kappa shape index (κ3) is 2.88. The second-order valence-electron chi connectivity index (χ2n) is 4.81. The Kier molecular flexibility index (Phi) is 4.71. The molecular weight excluding hydrogens is 228 g/mol. The Morgan fingerprint density at radius 3 is 2.89 bits per heavy atom. The molecule has 0 spiro atoms. The first-order chi connectivity index (χ1) is 8.86. The molecule has 1 saturated carbocycles. The number of hydrogen-bond donors (Lipinski definition) is 0. The van der Waals surface area contributed by atoms with E-state index < -0.39 is 0 Å². The fourth-order valence-corrected chi connectivity index (χ4v) is 2.36. The summed E-state index contributed by atoms with van der Waals surface area (Å²) in [4.78, 5) is 0. The monoisotopic (exact) mass is 248 g/mol. The maximum Gasteiger partial charge on any atom is 0.100 e. The van der Waals surface area contributed by atoms with Crippen LogP contribution in [0.15, 0.2) is 0 Å². The number of aryl methyl sites for hydroxylation is 1. The lowest BCUT2D eigenvalue weighted by molar-refractivity contribution is 0.190. The summed E-state index contributed by atoms with van der Waals surface area (Å²) in [5.74, 6) is 0.575. The van der Waals surface area contributed by atoms with Crippen molar-refractivity contribution in [2.24, 2.45) is 0 Å². The number of hydrogen-bond acceptors (Lipinski definition) is 4. The van der Waals surface area contributed by atoms with Crippen molar-refractivity contribution < 1.29 is 4.74 Å². The summed E-state index contributed by atoms with van der Waals surface area (Å²) in [6, 6.07) is 2.18. The van der Waals surface area contributed by atoms with Crippen LogP contribution in [-0.4, -0.2) is 28.7 Å². The summed E-state index contributed by atoms with van der Waals surface area (Å²) in [5, 5.41) is 17.2. The molecule has 0 aliphatic heterocycles. The molecule has 0 atom stereocenters. The Bertz CT molecular complexity index is 417. The molecule has 5 nitrogen and oxygen atoms in total. The van der Waals surface area contributed by atoms with Crippen LogP contribution in [0.5, 0.6) is 0 Å². The molecule has 0 N–H and O–H groups in total. The lowest BCUT2D eigenvalue weighted by atomic mass is 9.81. The number of nitriles is 1. The molecule has 1 heterocycles. The van der Waals surface area contributed by atoms with E-state index in [1.165, 1.54) is 25.0 Å². The predicted molar refractivity (Wildman–Crippen MR) is 67.0 cm³/mol. The van der Waals surface area contributed by atoms with E-state index >= 15 is 0 Å². The lowest BCUT2D eigenvalue weighted by Gasteiger charge is -2.26. The van der Waals surface area contributed by atoms with Crippen LogP contribution in [0.1, 0.15) is 49.4 Å². The fourth-order valence-electron chi connectivity index (χ4n) is 2.36. The largest absolute Gasteiger partial charge is 0.385 e. The van der Waals surface area contributed by atoms with Crippen molar-refractivity contribution in [2.75, 3.05) is 13.7 Å². The van der Waals surface area contributed by atoms with Crippen molar-refractivity contribution in [3.63, 3.8) is 0 Å². The maximum atomic E-state index is 8.83. The van der Waals surface area contributed by atoms with Crippen molar-refractivity contribution in [2.45, 2.75) is 51.0 Å². The van der Waals surface area contributed by atoms with E-state index in [-0.39, 0.29) is 0 Å². The van der Waals surface area contributed by atoms with Gasteiger partial charge >= 0.3 is 0 Å². The van der Waals surface area contributed by atoms with Gasteiger partial charge in [-0.1, -0.05) is 11.6 Å². The van der Waals surface area contributed by atoms with E-state index in [9.17, 15) is 0 Å². The third-order valence-electron chi connectivity index (χ3n) is 3.55. The topological polar surface area (TPSA) is 63.7 Å². The number of aromatic nitrogens is 3. The quantitative estimate of drug-likeness (QED) is 0.693. The fraction of sp³-hybridized carbons (Fsp3) is 0.769. The van der Waals surface area contributed by atoms with E-state index in [4.69, 9.17) is 10.00 Å². The molecule has 0 bridgehead atoms. The number of rotatable bonds is 7. The van der Waals surface area contributed by atoms with Crippen molar-refractivity contribution in [3.8, 4) is 6.07 Å². The van der Waals surface area contributed by atoms with Gasteiger partial charge in [0.05, 0.1) is 18.2 Å².